The quantitative estimate of drug-likeness (QED) is 0.0815. The third-order valence-electron chi connectivity index (χ3n) is 6.59. The van der Waals surface area contributed by atoms with E-state index in [1.54, 1.807) is 0 Å². The highest BCUT2D eigenvalue weighted by atomic mass is 28.4. The van der Waals surface area contributed by atoms with Gasteiger partial charge in [-0.15, -0.1) is 0 Å². The molecule has 5 nitrogen and oxygen atoms in total. The molecule has 2 unspecified atom stereocenters. The Morgan fingerprint density at radius 2 is 0.951 bits per heavy atom. The van der Waals surface area contributed by atoms with Crippen molar-refractivity contribution in [3.63, 3.8) is 0 Å². The zero-order valence-corrected chi connectivity index (χ0v) is 33.9. The molecule has 0 saturated carbocycles. The van der Waals surface area contributed by atoms with Gasteiger partial charge in [-0.2, -0.15) is 0 Å². The number of rotatable bonds is 23. The molecule has 0 aromatic rings. The van der Waals surface area contributed by atoms with Crippen LogP contribution < -0.4 is 0 Å². The highest BCUT2D eigenvalue weighted by Gasteiger charge is 2.34. The number of carbonyl (C=O) groups excluding carboxylic acids is 2. The van der Waals surface area contributed by atoms with Gasteiger partial charge >= 0.3 is 0 Å². The summed E-state index contributed by atoms with van der Waals surface area (Å²) in [5.74, 6) is 0.0349. The molecule has 0 fully saturated rings. The molecule has 41 heavy (non-hydrogen) atoms. The molecule has 0 rings (SSSR count). The highest BCUT2D eigenvalue weighted by Crippen LogP contribution is 2.26. The molecule has 0 saturated heterocycles. The average molecular weight is 649 g/mol. The molecular weight excluding hydrogens is 577 g/mol. The minimum Gasteiger partial charge on any atom is -0.520 e. The van der Waals surface area contributed by atoms with Gasteiger partial charge in [0, 0.05) is 6.42 Å². The average Bonchev–Trinajstić information content (AvgIpc) is 2.79. The van der Waals surface area contributed by atoms with Crippen molar-refractivity contribution in [3.05, 3.63) is 0 Å². The van der Waals surface area contributed by atoms with Crippen LogP contribution >= 0.6 is 0 Å². The van der Waals surface area contributed by atoms with E-state index >= 15 is 0 Å². The molecule has 0 aliphatic rings. The summed E-state index contributed by atoms with van der Waals surface area (Å²) in [5.41, 5.74) is 0.0269. The van der Waals surface area contributed by atoms with Crippen LogP contribution in [-0.4, -0.2) is 45.9 Å². The third kappa shape index (κ3) is 32.5. The fourth-order valence-corrected chi connectivity index (χ4v) is 12.6. The van der Waals surface area contributed by atoms with E-state index < -0.39 is 34.0 Å². The van der Waals surface area contributed by atoms with E-state index in [4.69, 9.17) is 13.0 Å². The predicted molar refractivity (Wildman–Crippen MR) is 190 cm³/mol. The first-order valence-corrected chi connectivity index (χ1v) is 29.6. The number of carbonyl (C=O) groups is 2. The maximum atomic E-state index is 12.7. The van der Waals surface area contributed by atoms with Crippen molar-refractivity contribution in [1.29, 1.82) is 0 Å². The summed E-state index contributed by atoms with van der Waals surface area (Å²) in [4.78, 5) is 24.1. The highest BCUT2D eigenvalue weighted by molar-refractivity contribution is 6.78. The summed E-state index contributed by atoms with van der Waals surface area (Å²) in [6.45, 7) is 25.7. The van der Waals surface area contributed by atoms with Crippen LogP contribution in [0.2, 0.25) is 71.0 Å². The fourth-order valence-electron chi connectivity index (χ4n) is 4.68. The number of hydrogen-bond donors (Lipinski definition) is 0. The lowest BCUT2D eigenvalue weighted by Gasteiger charge is -2.30. The Bertz CT molecular complexity index is 654. The van der Waals surface area contributed by atoms with Crippen LogP contribution in [0, 0.1) is 0 Å². The molecule has 0 N–H and O–H groups in total. The lowest BCUT2D eigenvalue weighted by atomic mass is 10.1. The molecule has 0 amide bonds. The Morgan fingerprint density at radius 1 is 0.561 bits per heavy atom. The van der Waals surface area contributed by atoms with Gasteiger partial charge < -0.3 is 13.0 Å². The molecule has 0 aromatic carbocycles. The van der Waals surface area contributed by atoms with Crippen LogP contribution in [0.3, 0.4) is 0 Å². The minimum absolute atomic E-state index is 0.00940. The van der Waals surface area contributed by atoms with Gasteiger partial charge in [-0.05, 0) is 78.3 Å². The SMILES string of the molecule is CCCCCCCCCC(C(=O)O[Si](C)(C)C)[SiH](C)O[Si](C)(C)C.CCCCCCCCCCC(=O)O[Si](C)(C)C. The van der Waals surface area contributed by atoms with Crippen molar-refractivity contribution < 1.29 is 22.6 Å². The van der Waals surface area contributed by atoms with E-state index in [-0.39, 0.29) is 17.5 Å². The summed E-state index contributed by atoms with van der Waals surface area (Å²) in [6.07, 6.45) is 20.7. The maximum absolute atomic E-state index is 12.7. The Hall–Kier alpha value is -0.232. The lowest BCUT2D eigenvalue weighted by Crippen LogP contribution is -2.41. The topological polar surface area (TPSA) is 61.8 Å². The summed E-state index contributed by atoms with van der Waals surface area (Å²) in [6, 6.07) is 0. The lowest BCUT2D eigenvalue weighted by molar-refractivity contribution is -0.136. The van der Waals surface area contributed by atoms with Crippen LogP contribution in [0.4, 0.5) is 0 Å². The summed E-state index contributed by atoms with van der Waals surface area (Å²) in [5, 5.41) is 0. The maximum Gasteiger partial charge on any atom is 0.294 e. The third-order valence-corrected chi connectivity index (χ3v) is 14.3. The van der Waals surface area contributed by atoms with Crippen molar-refractivity contribution in [1.82, 2.24) is 0 Å². The molecule has 0 heterocycles. The van der Waals surface area contributed by atoms with E-state index in [1.807, 2.05) is 0 Å². The zero-order chi connectivity index (χ0) is 32.0. The van der Waals surface area contributed by atoms with Gasteiger partial charge in [-0.25, -0.2) is 0 Å². The van der Waals surface area contributed by atoms with Gasteiger partial charge in [0.1, 0.15) is 0 Å². The molecule has 0 bridgehead atoms. The van der Waals surface area contributed by atoms with E-state index in [1.165, 1.54) is 83.5 Å². The first-order chi connectivity index (χ1) is 18.9. The molecule has 2 atom stereocenters. The van der Waals surface area contributed by atoms with Crippen molar-refractivity contribution in [2.75, 3.05) is 0 Å². The first kappa shape index (κ1) is 42.9. The molecular formula is C32H72O5Si4. The Labute approximate surface area is 261 Å². The molecule has 0 radical (unpaired) electrons. The van der Waals surface area contributed by atoms with E-state index in [9.17, 15) is 9.59 Å². The van der Waals surface area contributed by atoms with Crippen LogP contribution in [0.1, 0.15) is 123 Å². The molecule has 0 aromatic heterocycles. The number of hydrogen-bond acceptors (Lipinski definition) is 5. The second kappa shape index (κ2) is 24.1. The fraction of sp³-hybridized carbons (Fsp3) is 0.938. The Morgan fingerprint density at radius 3 is 1.34 bits per heavy atom. The van der Waals surface area contributed by atoms with Crippen molar-refractivity contribution in [2.24, 2.45) is 0 Å². The molecule has 246 valence electrons. The standard InChI is InChI=1S/C18H42O3Si3.C14H30O2Si/c1-9-10-11-12-13-14-15-16-17(18(19)20-23(3,4)5)22(2)21-24(6,7)8;1-5-6-7-8-9-10-11-12-13-14(15)16-17(2,3)4/h17,22H,9-16H2,1-8H3;5-13H2,1-4H3. The van der Waals surface area contributed by atoms with Crippen LogP contribution in [0.15, 0.2) is 0 Å². The number of unbranched alkanes of at least 4 members (excludes halogenated alkanes) is 13. The summed E-state index contributed by atoms with van der Waals surface area (Å²) in [7, 11) is -6.63. The molecule has 0 aliphatic heterocycles. The van der Waals surface area contributed by atoms with Crippen molar-refractivity contribution in [3.8, 4) is 0 Å². The smallest absolute Gasteiger partial charge is 0.294 e. The van der Waals surface area contributed by atoms with Gasteiger partial charge in [0.05, 0.1) is 5.54 Å². The van der Waals surface area contributed by atoms with Gasteiger partial charge in [-0.3, -0.25) is 9.59 Å². The molecule has 0 spiro atoms. The minimum atomic E-state index is -1.83. The van der Waals surface area contributed by atoms with Gasteiger partial charge in [-0.1, -0.05) is 104 Å². The largest absolute Gasteiger partial charge is 0.520 e. The first-order valence-electron chi connectivity index (χ1n) is 17.0. The van der Waals surface area contributed by atoms with E-state index in [0.717, 1.165) is 19.3 Å². The van der Waals surface area contributed by atoms with Gasteiger partial charge in [0.2, 0.25) is 16.6 Å². The summed E-state index contributed by atoms with van der Waals surface area (Å²) < 4.78 is 17.6. The van der Waals surface area contributed by atoms with Crippen molar-refractivity contribution in [2.45, 2.75) is 194 Å². The van der Waals surface area contributed by atoms with Crippen molar-refractivity contribution >= 4 is 45.9 Å². The Kier molecular flexibility index (Phi) is 25.2. The second-order valence-corrected chi connectivity index (χ2v) is 31.0. The van der Waals surface area contributed by atoms with E-state index in [0.29, 0.717) is 6.42 Å². The monoisotopic (exact) mass is 648 g/mol. The second-order valence-electron chi connectivity index (χ2n) is 14.8. The Balaban J connectivity index is 0. The normalized spacial score (nSPS) is 13.7. The van der Waals surface area contributed by atoms with Crippen LogP contribution in [0.25, 0.3) is 0 Å². The zero-order valence-electron chi connectivity index (χ0n) is 29.7. The van der Waals surface area contributed by atoms with E-state index in [2.05, 4.69) is 79.3 Å². The van der Waals surface area contributed by atoms with Gasteiger partial charge in [0.25, 0.3) is 11.9 Å². The van der Waals surface area contributed by atoms with Gasteiger partial charge in [0.15, 0.2) is 17.4 Å². The molecule has 0 aliphatic carbocycles. The predicted octanol–water partition coefficient (Wildman–Crippen LogP) is 11.0. The van der Waals surface area contributed by atoms with Crippen LogP contribution in [0.5, 0.6) is 0 Å². The summed E-state index contributed by atoms with van der Waals surface area (Å²) >= 11 is 0. The van der Waals surface area contributed by atoms with Crippen LogP contribution in [-0.2, 0) is 22.6 Å². The molecule has 9 heteroatoms.